The number of nitrogens with zero attached hydrogens (tertiary/aromatic N) is 16. The molecule has 0 fully saturated rings. The normalized spacial score (nSPS) is 12.8. The first kappa shape index (κ1) is 104. The molecule has 12 heterocycles. The molecule has 0 bridgehead atoms. The lowest BCUT2D eigenvalue weighted by atomic mass is 9.91. The van der Waals surface area contributed by atoms with E-state index >= 15 is 17.6 Å². The van der Waals surface area contributed by atoms with E-state index in [1.165, 1.54) is 49.1 Å². The van der Waals surface area contributed by atoms with Crippen LogP contribution in [0.4, 0.5) is 93.5 Å². The summed E-state index contributed by atoms with van der Waals surface area (Å²) in [7, 11) is 1.13. The second-order valence-electron chi connectivity index (χ2n) is 31.8. The molecule has 16 rings (SSSR count). The van der Waals surface area contributed by atoms with Gasteiger partial charge in [-0.05, 0) is 126 Å². The van der Waals surface area contributed by atoms with Crippen molar-refractivity contribution < 1.29 is 93.9 Å². The van der Waals surface area contributed by atoms with Crippen LogP contribution in [0.2, 0.25) is 25.6 Å². The molecule has 8 N–H and O–H groups in total. The van der Waals surface area contributed by atoms with Crippen LogP contribution in [-0.4, -0.2) is 110 Å². The molecule has 0 amide bonds. The van der Waals surface area contributed by atoms with Gasteiger partial charge in [0.2, 0.25) is 5.88 Å². The molecular formula is C94H83Cl5F16N20O5. The number of nitrogens with two attached hydrogens (primary N) is 4. The fraction of sp³-hybridized carbons (Fsp3) is 0.277. The molecule has 0 aliphatic heterocycles. The second kappa shape index (κ2) is 41.5. The Bertz CT molecular complexity index is 7330. The summed E-state index contributed by atoms with van der Waals surface area (Å²) in [5, 5.41) is 0.318. The number of aryl methyl sites for hydroxylation is 3. The second-order valence-corrected chi connectivity index (χ2v) is 33.7. The Hall–Kier alpha value is -13.5. The summed E-state index contributed by atoms with van der Waals surface area (Å²) in [6, 6.07) is 14.1. The van der Waals surface area contributed by atoms with Crippen LogP contribution in [0.25, 0.3) is 66.6 Å². The number of nitrogen functional groups attached to an aromatic ring is 4. The van der Waals surface area contributed by atoms with Gasteiger partial charge in [0, 0.05) is 131 Å². The molecule has 140 heavy (non-hydrogen) atoms. The average molecular weight is 2050 g/mol. The Morgan fingerprint density at radius 2 is 0.657 bits per heavy atom. The Labute approximate surface area is 812 Å². The van der Waals surface area contributed by atoms with Crippen molar-refractivity contribution in [1.29, 1.82) is 0 Å². The van der Waals surface area contributed by atoms with Crippen LogP contribution in [0.3, 0.4) is 0 Å². The number of rotatable bonds is 22. The van der Waals surface area contributed by atoms with Crippen molar-refractivity contribution in [3.63, 3.8) is 0 Å². The molecule has 16 aromatic rings. The smallest absolute Gasteiger partial charge is 0.433 e. The van der Waals surface area contributed by atoms with E-state index in [9.17, 15) is 52.7 Å². The number of aromatic nitrogens is 16. The molecule has 0 saturated carbocycles. The van der Waals surface area contributed by atoms with Gasteiger partial charge in [-0.3, -0.25) is 32.6 Å². The van der Waals surface area contributed by atoms with Crippen molar-refractivity contribution in [3.8, 4) is 73.4 Å². The molecule has 0 radical (unpaired) electrons. The highest BCUT2D eigenvalue weighted by molar-refractivity contribution is 6.35. The predicted molar refractivity (Wildman–Crippen MR) is 498 cm³/mol. The van der Waals surface area contributed by atoms with Gasteiger partial charge in [-0.15, -0.1) is 0 Å². The maximum atomic E-state index is 15.5. The van der Waals surface area contributed by atoms with Gasteiger partial charge in [0.05, 0.1) is 65.9 Å². The minimum Gasteiger partial charge on any atom is -0.493 e. The highest BCUT2D eigenvalue weighted by atomic mass is 35.5. The number of hydrogen-bond acceptors (Lipinski definition) is 21. The third-order valence-corrected chi connectivity index (χ3v) is 23.5. The summed E-state index contributed by atoms with van der Waals surface area (Å²) in [5.74, 6) is -1.77. The first-order valence-corrected chi connectivity index (χ1v) is 44.3. The van der Waals surface area contributed by atoms with E-state index in [2.05, 4.69) is 59.8 Å². The van der Waals surface area contributed by atoms with Crippen molar-refractivity contribution in [3.05, 3.63) is 275 Å². The number of imidazole rings is 4. The number of fused-ring (bicyclic) bond motifs is 4. The topological polar surface area (TPSA) is 323 Å². The summed E-state index contributed by atoms with van der Waals surface area (Å²) >= 11 is 31.5. The summed E-state index contributed by atoms with van der Waals surface area (Å²) in [6.07, 6.45) is -2.67. The van der Waals surface area contributed by atoms with Crippen LogP contribution >= 0.6 is 58.0 Å². The van der Waals surface area contributed by atoms with E-state index in [0.29, 0.717) is 79.6 Å². The van der Waals surface area contributed by atoms with Gasteiger partial charge < -0.3 is 46.6 Å². The van der Waals surface area contributed by atoms with Crippen LogP contribution in [0.15, 0.2) is 141 Å². The predicted octanol–water partition coefficient (Wildman–Crippen LogP) is 25.3. The molecule has 736 valence electrons. The third-order valence-electron chi connectivity index (χ3n) is 22.2. The number of halogens is 21. The van der Waals surface area contributed by atoms with E-state index in [4.69, 9.17) is 105 Å². The van der Waals surface area contributed by atoms with Crippen LogP contribution < -0.4 is 46.6 Å². The highest BCUT2D eigenvalue weighted by Gasteiger charge is 2.40. The quantitative estimate of drug-likeness (QED) is 0.0458. The maximum absolute atomic E-state index is 15.5. The van der Waals surface area contributed by atoms with Gasteiger partial charge in [-0.25, -0.2) is 62.4 Å². The number of benzene rings is 4. The molecule has 12 aromatic heterocycles. The molecule has 0 aliphatic rings. The van der Waals surface area contributed by atoms with E-state index in [0.717, 1.165) is 56.0 Å². The Morgan fingerprint density at radius 1 is 0.364 bits per heavy atom. The molecule has 25 nitrogen and oxygen atoms in total. The molecule has 4 atom stereocenters. The number of hydrogen-bond donors (Lipinski definition) is 4. The lowest BCUT2D eigenvalue weighted by Crippen LogP contribution is -2.13. The van der Waals surface area contributed by atoms with Crippen molar-refractivity contribution >= 4 is 103 Å². The van der Waals surface area contributed by atoms with Gasteiger partial charge in [0.25, 0.3) is 0 Å². The first-order chi connectivity index (χ1) is 66.0. The van der Waals surface area contributed by atoms with E-state index in [-0.39, 0.29) is 153 Å². The Balaban J connectivity index is 0.000000157. The average Bonchev–Trinajstić information content (AvgIpc) is 1.40. The minimum atomic E-state index is -4.72. The molecule has 0 spiro atoms. The SMILES string of the molecule is CCCOc1c(C(C)c2nc(Cl)c3c(N)nccn23)cc(C)c(F)c1-c1ccc(C(F)(F)F)nc1.CCOc1c(C(C)c2nc(Cl)c3c(N)nccn23)cc(C)c(F)c1-c1ccc(C(F)(F)F)nc1.CCOc1c(C(C)c2nc(Cl)c3c(N)nccn23)cc(Cl)c(F)c1-c1ccc(C(F)(F)F)nc1OC.Cc1cc(C(C)c2nc(Cl)c3c(N)nccn23)c(OC(C)C)c(-c2ccc(C(F)(F)F)nc2)c1F. The zero-order valence-electron chi connectivity index (χ0n) is 75.9. The first-order valence-electron chi connectivity index (χ1n) is 42.4. The third kappa shape index (κ3) is 20.9. The van der Waals surface area contributed by atoms with Crippen molar-refractivity contribution in [2.24, 2.45) is 0 Å². The zero-order chi connectivity index (χ0) is 102. The summed E-state index contributed by atoms with van der Waals surface area (Å²) in [4.78, 5) is 47.9. The highest BCUT2D eigenvalue weighted by Crippen LogP contribution is 2.52. The van der Waals surface area contributed by atoms with Gasteiger partial charge in [0.1, 0.15) is 109 Å². The lowest BCUT2D eigenvalue weighted by molar-refractivity contribution is -0.142. The van der Waals surface area contributed by atoms with Crippen LogP contribution in [0, 0.1) is 44.0 Å². The van der Waals surface area contributed by atoms with E-state index in [1.807, 2.05) is 27.7 Å². The number of pyridine rings is 4. The number of anilines is 4. The van der Waals surface area contributed by atoms with Crippen LogP contribution in [0.1, 0.15) is 177 Å². The van der Waals surface area contributed by atoms with Crippen LogP contribution in [0.5, 0.6) is 28.9 Å². The molecule has 4 unspecified atom stereocenters. The maximum Gasteiger partial charge on any atom is 0.433 e. The molecule has 0 saturated heterocycles. The lowest BCUT2D eigenvalue weighted by Gasteiger charge is -2.23. The molecule has 46 heteroatoms. The number of ether oxygens (including phenoxy) is 5. The Kier molecular flexibility index (Phi) is 30.8. The Morgan fingerprint density at radius 3 is 0.943 bits per heavy atom. The molecule has 4 aromatic carbocycles. The van der Waals surface area contributed by atoms with Crippen molar-refractivity contribution in [2.75, 3.05) is 49.9 Å². The van der Waals surface area contributed by atoms with Gasteiger partial charge in [0.15, 0.2) is 49.7 Å². The summed E-state index contributed by atoms with van der Waals surface area (Å²) < 4.78 is 254. The summed E-state index contributed by atoms with van der Waals surface area (Å²) in [6.45, 7) is 21.4. The molecular weight excluding hydrogens is 1970 g/mol. The summed E-state index contributed by atoms with van der Waals surface area (Å²) in [5.41, 5.74) is 24.5. The van der Waals surface area contributed by atoms with E-state index < -0.39 is 100 Å². The fourth-order valence-corrected chi connectivity index (χ4v) is 17.0. The van der Waals surface area contributed by atoms with Crippen molar-refractivity contribution in [2.45, 2.75) is 144 Å². The monoisotopic (exact) mass is 2050 g/mol. The van der Waals surface area contributed by atoms with Crippen molar-refractivity contribution in [1.82, 2.24) is 77.4 Å². The number of alkyl halides is 12. The zero-order valence-corrected chi connectivity index (χ0v) is 79.7. The minimum absolute atomic E-state index is 0.0231. The van der Waals surface area contributed by atoms with Gasteiger partial charge in [-0.2, -0.15) is 52.7 Å². The van der Waals surface area contributed by atoms with E-state index in [1.54, 1.807) is 116 Å². The molecule has 0 aliphatic carbocycles. The number of methoxy groups -OCH3 is 1. The fourth-order valence-electron chi connectivity index (χ4n) is 15.7. The largest absolute Gasteiger partial charge is 0.493 e. The van der Waals surface area contributed by atoms with Crippen LogP contribution in [-0.2, 0) is 24.7 Å². The van der Waals surface area contributed by atoms with Gasteiger partial charge in [-0.1, -0.05) is 111 Å². The standard InChI is InChI=1S/2C24H22ClF4N5O.C23H19Cl2F4N5O2.C23H20ClF4N5O/c1-11(2)35-20-15(13(4)23-33-21(25)19-22(30)31-7-8-34(19)23)9-12(3)18(26)17(20)14-5-6-16(32-10-14)24(27,28)29;1-4-9-35-20-15(13(3)23-33-21(25)19-22(30)31-7-8-34(19)23)10-12(2)18(26)17(20)14-5-6-16(32-11-14)24(27,28)29;1-4-36-18-12(10(2)21-33-19(25)17-20(30)31-7-8-34(17)21)9-13(24)16(26)15(18)11-5-6-14(23(27,28)29)32-22(11)35-3;1-4-34-19-14(12(3)22-32-20(24)18-21(29)30-7-8-33(18)22)9-11(2)17(25)16(19)13-5-6-15(31-10-13)23(26,27)28/h5-11,13H,1-4H3,(H2,30,31);5-8,10-11,13H,4,9H2,1-3H3,(H2,30,31);5-10H,4H2,1-3H3,(H2,30,31);5-10,12H,4H2,1-3H3,(H2,29,30). The van der Waals surface area contributed by atoms with Gasteiger partial charge >= 0.3 is 24.7 Å².